The van der Waals surface area contributed by atoms with E-state index in [0.717, 1.165) is 0 Å². The molecule has 10 heavy (non-hydrogen) atoms. The summed E-state index contributed by atoms with van der Waals surface area (Å²) in [6.45, 7) is 0.369. The molecule has 4 nitrogen and oxygen atoms in total. The van der Waals surface area contributed by atoms with Crippen molar-refractivity contribution in [1.82, 2.24) is 9.55 Å². The predicted molar refractivity (Wildman–Crippen MR) is 34.6 cm³/mol. The van der Waals surface area contributed by atoms with Gasteiger partial charge in [-0.1, -0.05) is 0 Å². The average molecular weight is 140 g/mol. The number of nitrogens with zero attached hydrogens (tertiary/aromatic N) is 2. The molecule has 0 fully saturated rings. The van der Waals surface area contributed by atoms with Gasteiger partial charge in [-0.25, -0.2) is 4.98 Å². The summed E-state index contributed by atoms with van der Waals surface area (Å²) >= 11 is 0. The molecule has 1 aromatic heterocycles. The molecule has 4 heteroatoms. The number of ether oxygens (including phenoxy) is 1. The maximum atomic E-state index is 10.2. The monoisotopic (exact) mass is 140 g/mol. The maximum Gasteiger partial charge on any atom is 0.185 e. The van der Waals surface area contributed by atoms with E-state index >= 15 is 0 Å². The van der Waals surface area contributed by atoms with Gasteiger partial charge in [0, 0.05) is 19.5 Å². The topological polar surface area (TPSA) is 44.1 Å². The van der Waals surface area contributed by atoms with E-state index in [4.69, 9.17) is 4.74 Å². The molecule has 0 aromatic carbocycles. The van der Waals surface area contributed by atoms with Crippen LogP contribution >= 0.6 is 0 Å². The first-order chi connectivity index (χ1) is 4.88. The van der Waals surface area contributed by atoms with Crippen LogP contribution in [0, 0.1) is 0 Å². The fourth-order valence-corrected chi connectivity index (χ4v) is 0.687. The van der Waals surface area contributed by atoms with Crippen LogP contribution < -0.4 is 0 Å². The zero-order valence-corrected chi connectivity index (χ0v) is 5.65. The van der Waals surface area contributed by atoms with E-state index in [1.54, 1.807) is 24.1 Å². The molecule has 0 radical (unpaired) electrons. The van der Waals surface area contributed by atoms with Crippen molar-refractivity contribution in [3.8, 4) is 0 Å². The maximum absolute atomic E-state index is 10.2. The van der Waals surface area contributed by atoms with Gasteiger partial charge in [-0.2, -0.15) is 0 Å². The highest BCUT2D eigenvalue weighted by atomic mass is 16.5. The highest BCUT2D eigenvalue weighted by Crippen LogP contribution is 1.92. The van der Waals surface area contributed by atoms with Crippen LogP contribution in [-0.4, -0.2) is 22.9 Å². The first kappa shape index (κ1) is 6.95. The van der Waals surface area contributed by atoms with Crippen molar-refractivity contribution in [2.75, 3.05) is 7.11 Å². The minimum atomic E-state index is 0.369. The Labute approximate surface area is 58.4 Å². The van der Waals surface area contributed by atoms with E-state index < -0.39 is 0 Å². The van der Waals surface area contributed by atoms with Crippen LogP contribution in [0.4, 0.5) is 0 Å². The van der Waals surface area contributed by atoms with Gasteiger partial charge in [-0.3, -0.25) is 4.79 Å². The van der Waals surface area contributed by atoms with Crippen molar-refractivity contribution >= 4 is 6.29 Å². The number of imidazole rings is 1. The molecular formula is C6H8N2O2. The molecule has 0 spiro atoms. The van der Waals surface area contributed by atoms with Crippen LogP contribution in [0.5, 0.6) is 0 Å². The number of methoxy groups -OCH3 is 1. The zero-order chi connectivity index (χ0) is 7.40. The number of hydrogen-bond donors (Lipinski definition) is 0. The van der Waals surface area contributed by atoms with E-state index in [9.17, 15) is 4.79 Å². The molecule has 0 saturated heterocycles. The van der Waals surface area contributed by atoms with Gasteiger partial charge in [0.1, 0.15) is 6.73 Å². The van der Waals surface area contributed by atoms with Gasteiger partial charge in [0.05, 0.1) is 0 Å². The second-order valence-electron chi connectivity index (χ2n) is 1.79. The minimum absolute atomic E-state index is 0.369. The number of carbonyl (C=O) groups is 1. The normalized spacial score (nSPS) is 9.70. The molecule has 0 N–H and O–H groups in total. The van der Waals surface area contributed by atoms with Gasteiger partial charge in [-0.15, -0.1) is 0 Å². The smallest absolute Gasteiger partial charge is 0.185 e. The van der Waals surface area contributed by atoms with Crippen molar-refractivity contribution in [2.24, 2.45) is 0 Å². The number of hydrogen-bond acceptors (Lipinski definition) is 3. The molecule has 0 amide bonds. The third-order valence-corrected chi connectivity index (χ3v) is 1.12. The summed E-state index contributed by atoms with van der Waals surface area (Å²) in [7, 11) is 1.56. The quantitative estimate of drug-likeness (QED) is 0.567. The molecule has 0 saturated carbocycles. The Balaban J connectivity index is 2.79. The van der Waals surface area contributed by atoms with Gasteiger partial charge < -0.3 is 9.30 Å². The highest BCUT2D eigenvalue weighted by Gasteiger charge is 1.97. The van der Waals surface area contributed by atoms with Gasteiger partial charge in [-0.05, 0) is 0 Å². The molecule has 0 aliphatic carbocycles. The van der Waals surface area contributed by atoms with Crippen LogP contribution in [0.15, 0.2) is 12.4 Å². The van der Waals surface area contributed by atoms with E-state index in [-0.39, 0.29) is 0 Å². The summed E-state index contributed by atoms with van der Waals surface area (Å²) in [6, 6.07) is 0. The van der Waals surface area contributed by atoms with Crippen molar-refractivity contribution in [2.45, 2.75) is 6.73 Å². The van der Waals surface area contributed by atoms with Crippen molar-refractivity contribution in [3.63, 3.8) is 0 Å². The van der Waals surface area contributed by atoms with E-state index in [0.29, 0.717) is 18.8 Å². The Morgan fingerprint density at radius 2 is 2.70 bits per heavy atom. The van der Waals surface area contributed by atoms with Crippen LogP contribution in [0.2, 0.25) is 0 Å². The number of aldehydes is 1. The standard InChI is InChI=1S/C6H8N2O2/c1-10-5-8-3-2-7-6(8)4-9/h2-4H,5H2,1H3. The Morgan fingerprint density at radius 1 is 1.90 bits per heavy atom. The van der Waals surface area contributed by atoms with E-state index in [1.807, 2.05) is 0 Å². The summed E-state index contributed by atoms with van der Waals surface area (Å²) in [5.74, 6) is 0.391. The summed E-state index contributed by atoms with van der Waals surface area (Å²) in [5.41, 5.74) is 0. The fraction of sp³-hybridized carbons (Fsp3) is 0.333. The number of aromatic nitrogens is 2. The first-order valence-electron chi connectivity index (χ1n) is 2.83. The lowest BCUT2D eigenvalue weighted by atomic mass is 10.7. The second kappa shape index (κ2) is 3.12. The average Bonchev–Trinajstić information content (AvgIpc) is 2.36. The Bertz CT molecular complexity index is 219. The molecule has 0 bridgehead atoms. The third kappa shape index (κ3) is 1.22. The summed E-state index contributed by atoms with van der Waals surface area (Å²) in [6.07, 6.45) is 3.94. The molecule has 1 heterocycles. The molecule has 0 unspecified atom stereocenters. The minimum Gasteiger partial charge on any atom is -0.364 e. The SMILES string of the molecule is COCn1ccnc1C=O. The highest BCUT2D eigenvalue weighted by molar-refractivity contribution is 5.69. The Hall–Kier alpha value is -1.16. The summed E-state index contributed by atoms with van der Waals surface area (Å²) < 4.78 is 6.41. The lowest BCUT2D eigenvalue weighted by molar-refractivity contribution is 0.106. The lowest BCUT2D eigenvalue weighted by Crippen LogP contribution is -2.02. The Morgan fingerprint density at radius 3 is 3.30 bits per heavy atom. The molecule has 0 aliphatic rings. The van der Waals surface area contributed by atoms with E-state index in [1.165, 1.54) is 0 Å². The fourth-order valence-electron chi connectivity index (χ4n) is 0.687. The first-order valence-corrected chi connectivity index (χ1v) is 2.83. The predicted octanol–water partition coefficient (Wildman–Crippen LogP) is 0.299. The third-order valence-electron chi connectivity index (χ3n) is 1.12. The molecule has 1 rings (SSSR count). The van der Waals surface area contributed by atoms with Crippen LogP contribution in [0.25, 0.3) is 0 Å². The van der Waals surface area contributed by atoms with Crippen molar-refractivity contribution in [1.29, 1.82) is 0 Å². The van der Waals surface area contributed by atoms with Crippen LogP contribution in [0.1, 0.15) is 10.6 Å². The van der Waals surface area contributed by atoms with E-state index in [2.05, 4.69) is 4.98 Å². The molecular weight excluding hydrogens is 132 g/mol. The number of rotatable bonds is 3. The largest absolute Gasteiger partial charge is 0.364 e. The Kier molecular flexibility index (Phi) is 2.17. The van der Waals surface area contributed by atoms with Gasteiger partial charge in [0.25, 0.3) is 0 Å². The van der Waals surface area contributed by atoms with Crippen LogP contribution in [0.3, 0.4) is 0 Å². The molecule has 1 aromatic rings. The molecule has 54 valence electrons. The van der Waals surface area contributed by atoms with Gasteiger partial charge >= 0.3 is 0 Å². The summed E-state index contributed by atoms with van der Waals surface area (Å²) in [4.78, 5) is 14.0. The molecule has 0 aliphatic heterocycles. The molecule has 0 atom stereocenters. The van der Waals surface area contributed by atoms with Crippen LogP contribution in [-0.2, 0) is 11.5 Å². The lowest BCUT2D eigenvalue weighted by Gasteiger charge is -1.99. The van der Waals surface area contributed by atoms with Crippen molar-refractivity contribution < 1.29 is 9.53 Å². The van der Waals surface area contributed by atoms with Gasteiger partial charge in [0.15, 0.2) is 12.1 Å². The number of carbonyl (C=O) groups excluding carboxylic acids is 1. The van der Waals surface area contributed by atoms with Gasteiger partial charge in [0.2, 0.25) is 0 Å². The zero-order valence-electron chi connectivity index (χ0n) is 5.65. The summed E-state index contributed by atoms with van der Waals surface area (Å²) in [5, 5.41) is 0. The van der Waals surface area contributed by atoms with Crippen molar-refractivity contribution in [3.05, 3.63) is 18.2 Å². The second-order valence-corrected chi connectivity index (χ2v) is 1.79.